The molecule has 0 saturated heterocycles. The first-order valence-electron chi connectivity index (χ1n) is 22.0. The van der Waals surface area contributed by atoms with Crippen molar-refractivity contribution in [2.75, 3.05) is 5.88 Å². The fraction of sp³-hybridized carbons (Fsp3) is 0.175. The molecule has 0 N–H and O–H groups in total. The Morgan fingerprint density at radius 2 is 1.06 bits per heavy atom. The van der Waals surface area contributed by atoms with Crippen molar-refractivity contribution in [3.63, 3.8) is 0 Å². The van der Waals surface area contributed by atoms with Gasteiger partial charge >= 0.3 is 5.97 Å². The number of halogens is 1. The summed E-state index contributed by atoms with van der Waals surface area (Å²) in [4.78, 5) is 15.4. The van der Waals surface area contributed by atoms with Gasteiger partial charge in [-0.2, -0.15) is 0 Å². The number of alkyl halides is 1. The minimum absolute atomic E-state index is 0.0270. The number of aryl methyl sites for hydroxylation is 2. The van der Waals surface area contributed by atoms with Crippen LogP contribution in [0.3, 0.4) is 0 Å². The average Bonchev–Trinajstić information content (AvgIpc) is 4.07. The minimum Gasteiger partial charge on any atom is -0.460 e. The third kappa shape index (κ3) is 5.62. The largest absolute Gasteiger partial charge is 0.460 e. The zero-order valence-electron chi connectivity index (χ0n) is 36.3. The molecule has 6 heteroatoms. The van der Waals surface area contributed by atoms with Gasteiger partial charge in [0, 0.05) is 68.6 Å². The molecule has 2 unspecified atom stereocenters. The number of rotatable bonds is 9. The first-order chi connectivity index (χ1) is 30.6. The van der Waals surface area contributed by atoms with E-state index >= 15 is 4.79 Å². The standard InChI is InChI=1S/C57H49ClN2O2Si/c1-37(35-58)56(29-27-43-31-39(19-23-49(43)56)41-21-25-53-47(33-41)45-15-9-11-17-51(45)59(53)2)63(4,5)57(55(61)62-36-38-13-7-6-8-14-38)30-28-44-32-40(20-24-50(44)57)42-22-26-54-48(34-42)46-16-10-12-18-52(46)60(54)3/h6-34,37H,35-36H2,1-5H3/t37-,56?,57?/m1/s1. The number of ether oxygens (including phenoxy) is 1. The van der Waals surface area contributed by atoms with Crippen molar-refractivity contribution in [3.05, 3.63) is 192 Å². The lowest BCUT2D eigenvalue weighted by molar-refractivity contribution is -0.147. The zero-order valence-corrected chi connectivity index (χ0v) is 38.1. The molecule has 2 heterocycles. The third-order valence-corrected chi connectivity index (χ3v) is 21.1. The van der Waals surface area contributed by atoms with Crippen molar-refractivity contribution in [2.45, 2.75) is 36.7 Å². The van der Waals surface area contributed by atoms with Gasteiger partial charge in [-0.05, 0) is 105 Å². The first kappa shape index (κ1) is 39.4. The van der Waals surface area contributed by atoms with Crippen molar-refractivity contribution in [1.82, 2.24) is 9.13 Å². The highest BCUT2D eigenvalue weighted by molar-refractivity contribution is 6.87. The van der Waals surface area contributed by atoms with Crippen LogP contribution in [0.4, 0.5) is 0 Å². The van der Waals surface area contributed by atoms with Gasteiger partial charge in [-0.25, -0.2) is 0 Å². The summed E-state index contributed by atoms with van der Waals surface area (Å²) in [5.41, 5.74) is 14.9. The van der Waals surface area contributed by atoms with Crippen LogP contribution >= 0.6 is 11.6 Å². The number of allylic oxidation sites excluding steroid dienone is 1. The second-order valence-corrected chi connectivity index (χ2v) is 23.5. The first-order valence-corrected chi connectivity index (χ1v) is 25.5. The van der Waals surface area contributed by atoms with Crippen molar-refractivity contribution in [1.29, 1.82) is 0 Å². The molecule has 0 bridgehead atoms. The van der Waals surface area contributed by atoms with Crippen LogP contribution in [0.2, 0.25) is 13.1 Å². The molecule has 4 nitrogen and oxygen atoms in total. The number of carbonyl (C=O) groups excluding carboxylic acids is 1. The number of fused-ring (bicyclic) bond motifs is 8. The lowest BCUT2D eigenvalue weighted by Gasteiger charge is -2.54. The fourth-order valence-corrected chi connectivity index (χ4v) is 17.4. The van der Waals surface area contributed by atoms with Crippen molar-refractivity contribution in [2.24, 2.45) is 20.0 Å². The molecule has 0 fully saturated rings. The highest BCUT2D eigenvalue weighted by atomic mass is 35.5. The Balaban J connectivity index is 1.03. The van der Waals surface area contributed by atoms with Crippen LogP contribution < -0.4 is 0 Å². The lowest BCUT2D eigenvalue weighted by atomic mass is 9.87. The molecule has 0 spiro atoms. The van der Waals surface area contributed by atoms with Gasteiger partial charge < -0.3 is 13.9 Å². The molecule has 0 amide bonds. The molecule has 2 aliphatic rings. The number of aromatic nitrogens is 2. The quantitative estimate of drug-likeness (QED) is 0.0824. The monoisotopic (exact) mass is 856 g/mol. The topological polar surface area (TPSA) is 36.2 Å². The Hall–Kier alpha value is -6.40. The van der Waals surface area contributed by atoms with Crippen LogP contribution in [0.5, 0.6) is 0 Å². The molecule has 63 heavy (non-hydrogen) atoms. The van der Waals surface area contributed by atoms with E-state index in [1.807, 2.05) is 30.3 Å². The normalized spacial score (nSPS) is 18.4. The number of esters is 1. The molecule has 0 saturated carbocycles. The van der Waals surface area contributed by atoms with Gasteiger partial charge in [-0.15, -0.1) is 11.6 Å². The molecular weight excluding hydrogens is 808 g/mol. The Bertz CT molecular complexity index is 3390. The van der Waals surface area contributed by atoms with E-state index in [2.05, 4.69) is 189 Å². The summed E-state index contributed by atoms with van der Waals surface area (Å²) in [5, 5.41) is 3.47. The molecule has 0 aliphatic heterocycles. The van der Waals surface area contributed by atoms with Gasteiger partial charge in [0.1, 0.15) is 11.6 Å². The number of hydrogen-bond acceptors (Lipinski definition) is 2. The smallest absolute Gasteiger partial charge is 0.317 e. The summed E-state index contributed by atoms with van der Waals surface area (Å²) >= 11 is 7.02. The molecule has 3 atom stereocenters. The van der Waals surface area contributed by atoms with Crippen molar-refractivity contribution >= 4 is 81.4 Å². The molecule has 2 aromatic heterocycles. The van der Waals surface area contributed by atoms with Gasteiger partial charge in [0.2, 0.25) is 0 Å². The molecule has 2 aliphatic carbocycles. The Kier molecular flexibility index (Phi) is 9.13. The second-order valence-electron chi connectivity index (χ2n) is 18.3. The van der Waals surface area contributed by atoms with E-state index in [-0.39, 0.29) is 18.5 Å². The van der Waals surface area contributed by atoms with E-state index in [1.165, 1.54) is 65.9 Å². The summed E-state index contributed by atoms with van der Waals surface area (Å²) in [7, 11) is 1.29. The number of benzene rings is 7. The molecule has 9 aromatic rings. The van der Waals surface area contributed by atoms with Crippen LogP contribution in [0.25, 0.3) is 78.0 Å². The Morgan fingerprint density at radius 3 is 1.65 bits per heavy atom. The summed E-state index contributed by atoms with van der Waals surface area (Å²) in [6.45, 7) is 7.25. The van der Waals surface area contributed by atoms with Gasteiger partial charge in [0.15, 0.2) is 0 Å². The lowest BCUT2D eigenvalue weighted by Crippen LogP contribution is -2.68. The van der Waals surface area contributed by atoms with E-state index in [9.17, 15) is 0 Å². The van der Waals surface area contributed by atoms with E-state index in [1.54, 1.807) is 0 Å². The maximum atomic E-state index is 15.4. The van der Waals surface area contributed by atoms with Gasteiger partial charge in [0.05, 0.1) is 8.07 Å². The number of para-hydroxylation sites is 2. The van der Waals surface area contributed by atoms with Crippen LogP contribution in [0.1, 0.15) is 34.7 Å². The fourth-order valence-electron chi connectivity index (χ4n) is 11.7. The number of nitrogens with zero attached hydrogens (tertiary/aromatic N) is 2. The number of hydrogen-bond donors (Lipinski definition) is 0. The second kappa shape index (κ2) is 14.6. The highest BCUT2D eigenvalue weighted by Crippen LogP contribution is 2.58. The molecule has 310 valence electrons. The SMILES string of the molecule is C[C@H](CCl)C1([Si](C)(C)C2(C(=O)OCc3ccccc3)C=Cc3cc(-c4ccc5c(c4)c4ccccc4n5C)ccc32)C=Cc2cc(-c3ccc4c(c3)c3ccccc3n4C)ccc21. The average molecular weight is 858 g/mol. The van der Waals surface area contributed by atoms with E-state index < -0.39 is 18.2 Å². The van der Waals surface area contributed by atoms with Gasteiger partial charge in [-0.1, -0.05) is 147 Å². The molecule has 7 aromatic carbocycles. The maximum absolute atomic E-state index is 15.4. The Labute approximate surface area is 374 Å². The molecule has 0 radical (unpaired) electrons. The highest BCUT2D eigenvalue weighted by Gasteiger charge is 2.66. The predicted molar refractivity (Wildman–Crippen MR) is 267 cm³/mol. The molecular formula is C57H49ClN2O2Si. The summed E-state index contributed by atoms with van der Waals surface area (Å²) in [6, 6.07) is 54.4. The van der Waals surface area contributed by atoms with Gasteiger partial charge in [0.25, 0.3) is 0 Å². The molecule has 11 rings (SSSR count). The minimum atomic E-state index is -2.99. The van der Waals surface area contributed by atoms with Crippen LogP contribution in [-0.2, 0) is 40.3 Å². The van der Waals surface area contributed by atoms with Crippen LogP contribution in [0, 0.1) is 5.92 Å². The zero-order chi connectivity index (χ0) is 43.3. The van der Waals surface area contributed by atoms with Gasteiger partial charge in [-0.3, -0.25) is 4.79 Å². The van der Waals surface area contributed by atoms with E-state index in [4.69, 9.17) is 16.3 Å². The summed E-state index contributed by atoms with van der Waals surface area (Å²) in [6.07, 6.45) is 9.07. The van der Waals surface area contributed by atoms with Crippen LogP contribution in [0.15, 0.2) is 164 Å². The third-order valence-electron chi connectivity index (χ3n) is 15.1. The van der Waals surface area contributed by atoms with E-state index in [0.717, 1.165) is 27.8 Å². The summed E-state index contributed by atoms with van der Waals surface area (Å²) in [5.74, 6) is 0.270. The van der Waals surface area contributed by atoms with Crippen LogP contribution in [-0.4, -0.2) is 29.1 Å². The van der Waals surface area contributed by atoms with E-state index in [0.29, 0.717) is 5.88 Å². The Morgan fingerprint density at radius 1 is 0.587 bits per heavy atom. The van der Waals surface area contributed by atoms with Crippen molar-refractivity contribution in [3.8, 4) is 22.3 Å². The van der Waals surface area contributed by atoms with Crippen molar-refractivity contribution < 1.29 is 9.53 Å². The number of carbonyl (C=O) groups is 1. The maximum Gasteiger partial charge on any atom is 0.317 e. The summed E-state index contributed by atoms with van der Waals surface area (Å²) < 4.78 is 11.0. The predicted octanol–water partition coefficient (Wildman–Crippen LogP) is 13.9.